The van der Waals surface area contributed by atoms with Gasteiger partial charge in [-0.25, -0.2) is 4.98 Å². The average Bonchev–Trinajstić information content (AvgIpc) is 3.32. The van der Waals surface area contributed by atoms with Crippen LogP contribution in [0.15, 0.2) is 53.9 Å². The number of hydrogen-bond donors (Lipinski definition) is 4. The molecule has 1 aliphatic carbocycles. The second-order valence-electron chi connectivity index (χ2n) is 12.0. The number of pyridine rings is 1. The Morgan fingerprint density at radius 1 is 1.23 bits per heavy atom. The fraction of sp³-hybridized carbons (Fsp3) is 0.323. The number of fused-ring (bicyclic) bond motifs is 2. The van der Waals surface area contributed by atoms with E-state index in [0.29, 0.717) is 23.2 Å². The van der Waals surface area contributed by atoms with Crippen molar-refractivity contribution in [3.63, 3.8) is 0 Å². The fourth-order valence-electron chi connectivity index (χ4n) is 4.94. The summed E-state index contributed by atoms with van der Waals surface area (Å²) in [5.74, 6) is 2.77. The summed E-state index contributed by atoms with van der Waals surface area (Å²) in [4.78, 5) is 9.13. The van der Waals surface area contributed by atoms with Gasteiger partial charge in [-0.05, 0) is 48.9 Å². The maximum atomic E-state index is 10.1. The summed E-state index contributed by atoms with van der Waals surface area (Å²) in [7, 11) is 0. The van der Waals surface area contributed by atoms with Crippen LogP contribution < -0.4 is 21.6 Å². The topological polar surface area (TPSA) is 101 Å². The molecule has 1 saturated carbocycles. The van der Waals surface area contributed by atoms with E-state index in [4.69, 9.17) is 6.42 Å². The molecule has 0 unspecified atom stereocenters. The first-order valence-corrected chi connectivity index (χ1v) is 14.3. The normalized spacial score (nSPS) is 16.6. The molecule has 0 radical (unpaired) electrons. The van der Waals surface area contributed by atoms with E-state index in [1.54, 1.807) is 17.5 Å². The summed E-state index contributed by atoms with van der Waals surface area (Å²) in [5.41, 5.74) is 15.2. The molecule has 1 atom stereocenters. The van der Waals surface area contributed by atoms with Crippen LogP contribution in [0.25, 0.3) is 21.1 Å². The van der Waals surface area contributed by atoms with Crippen LogP contribution in [-0.4, -0.2) is 27.1 Å². The minimum atomic E-state index is -0.234. The third-order valence-corrected chi connectivity index (χ3v) is 8.40. The maximum Gasteiger partial charge on any atom is 0.102 e. The summed E-state index contributed by atoms with van der Waals surface area (Å²) < 4.78 is 1.11. The highest BCUT2D eigenvalue weighted by Gasteiger charge is 2.44. The van der Waals surface area contributed by atoms with Gasteiger partial charge in [0.25, 0.3) is 0 Å². The van der Waals surface area contributed by atoms with Crippen molar-refractivity contribution in [2.45, 2.75) is 52.1 Å². The van der Waals surface area contributed by atoms with Gasteiger partial charge < -0.3 is 16.1 Å². The lowest BCUT2D eigenvalue weighted by atomic mass is 9.96. The Labute approximate surface area is 238 Å². The van der Waals surface area contributed by atoms with Gasteiger partial charge in [0.15, 0.2) is 0 Å². The lowest BCUT2D eigenvalue weighted by Crippen LogP contribution is -2.43. The number of benzene rings is 2. The summed E-state index contributed by atoms with van der Waals surface area (Å²) in [5, 5.41) is 20.4. The van der Waals surface area contributed by atoms with E-state index in [1.165, 1.54) is 0 Å². The van der Waals surface area contributed by atoms with Gasteiger partial charge >= 0.3 is 0 Å². The highest BCUT2D eigenvalue weighted by Crippen LogP contribution is 2.43. The number of terminal acetylenes is 1. The molecule has 202 valence electrons. The SMILES string of the molecule is C#Cc1cnc2c(C#N)cc(N[C@H](C3=CN(C4(C)CC4)NN3)c3cccc4ncsc34)cc2c1NCC(C)(C)C. The number of rotatable bonds is 7. The zero-order valence-electron chi connectivity index (χ0n) is 23.1. The highest BCUT2D eigenvalue weighted by atomic mass is 32.1. The lowest BCUT2D eigenvalue weighted by molar-refractivity contribution is 0.190. The maximum absolute atomic E-state index is 10.1. The Kier molecular flexibility index (Phi) is 6.29. The largest absolute Gasteiger partial charge is 0.383 e. The molecule has 4 N–H and O–H groups in total. The van der Waals surface area contributed by atoms with Crippen LogP contribution >= 0.6 is 11.3 Å². The Morgan fingerprint density at radius 2 is 2.05 bits per heavy atom. The molecular formula is C31H32N8S. The standard InChI is InChI=1S/C31H32N8S/c1-6-19-15-33-27-20(14-32)12-21(13-23(27)26(19)34-17-30(2,3)4)36-28(22-8-7-9-24-29(22)40-18-35-24)25-16-39(38-37-25)31(5)10-11-31/h1,7-9,12-13,15-16,18,28,36-38H,10-11,17H2,2-5H3,(H,33,34)/t28-/m0/s1. The van der Waals surface area contributed by atoms with Gasteiger partial charge in [-0.1, -0.05) is 38.8 Å². The van der Waals surface area contributed by atoms with Gasteiger partial charge in [-0.2, -0.15) is 5.26 Å². The molecule has 0 amide bonds. The molecule has 6 rings (SSSR count). The number of hydrogen-bond acceptors (Lipinski definition) is 9. The minimum Gasteiger partial charge on any atom is -0.383 e. The number of nitriles is 1. The first-order chi connectivity index (χ1) is 19.2. The molecule has 2 aromatic heterocycles. The second kappa shape index (κ2) is 9.71. The molecule has 3 heterocycles. The van der Waals surface area contributed by atoms with Crippen molar-refractivity contribution in [1.82, 2.24) is 25.9 Å². The highest BCUT2D eigenvalue weighted by molar-refractivity contribution is 7.17. The Morgan fingerprint density at radius 3 is 2.77 bits per heavy atom. The molecule has 0 spiro atoms. The van der Waals surface area contributed by atoms with Crippen molar-refractivity contribution < 1.29 is 0 Å². The van der Waals surface area contributed by atoms with E-state index < -0.39 is 0 Å². The molecule has 9 heteroatoms. The molecule has 1 aliphatic heterocycles. The van der Waals surface area contributed by atoms with Gasteiger partial charge in [0.1, 0.15) is 6.07 Å². The molecule has 40 heavy (non-hydrogen) atoms. The predicted molar refractivity (Wildman–Crippen MR) is 162 cm³/mol. The van der Waals surface area contributed by atoms with Crippen LogP contribution in [0.3, 0.4) is 0 Å². The van der Waals surface area contributed by atoms with Crippen molar-refractivity contribution in [3.05, 3.63) is 70.6 Å². The molecule has 2 aromatic carbocycles. The van der Waals surface area contributed by atoms with Gasteiger partial charge in [0, 0.05) is 30.0 Å². The lowest BCUT2D eigenvalue weighted by Gasteiger charge is -2.24. The monoisotopic (exact) mass is 548 g/mol. The van der Waals surface area contributed by atoms with Crippen molar-refractivity contribution >= 4 is 43.8 Å². The van der Waals surface area contributed by atoms with Gasteiger partial charge in [0.2, 0.25) is 0 Å². The minimum absolute atomic E-state index is 0.0333. The number of nitrogens with one attached hydrogen (secondary N) is 4. The first kappa shape index (κ1) is 25.9. The zero-order chi connectivity index (χ0) is 28.1. The summed E-state index contributed by atoms with van der Waals surface area (Å²) in [6, 6.07) is 12.2. The number of anilines is 2. The third-order valence-electron chi connectivity index (χ3n) is 7.51. The Hall–Kier alpha value is -4.31. The van der Waals surface area contributed by atoms with E-state index in [2.05, 4.69) is 88.5 Å². The van der Waals surface area contributed by atoms with Crippen LogP contribution in [0, 0.1) is 29.1 Å². The zero-order valence-corrected chi connectivity index (χ0v) is 23.9. The molecule has 4 aromatic rings. The van der Waals surface area contributed by atoms with Gasteiger partial charge in [-0.3, -0.25) is 9.99 Å². The Bertz CT molecular complexity index is 1730. The molecule has 2 aliphatic rings. The molecule has 0 bridgehead atoms. The van der Waals surface area contributed by atoms with Crippen molar-refractivity contribution in [2.75, 3.05) is 17.2 Å². The van der Waals surface area contributed by atoms with E-state index in [1.807, 2.05) is 29.8 Å². The summed E-state index contributed by atoms with van der Waals surface area (Å²) in [6.45, 7) is 9.46. The van der Waals surface area contributed by atoms with Gasteiger partial charge in [0.05, 0.1) is 55.3 Å². The van der Waals surface area contributed by atoms with E-state index in [9.17, 15) is 5.26 Å². The van der Waals surface area contributed by atoms with E-state index >= 15 is 0 Å². The van der Waals surface area contributed by atoms with Gasteiger partial charge in [-0.15, -0.1) is 23.3 Å². The second-order valence-corrected chi connectivity index (χ2v) is 12.8. The predicted octanol–water partition coefficient (Wildman–Crippen LogP) is 6.03. The van der Waals surface area contributed by atoms with Crippen molar-refractivity contribution in [2.24, 2.45) is 5.41 Å². The van der Waals surface area contributed by atoms with Crippen LogP contribution in [0.4, 0.5) is 11.4 Å². The van der Waals surface area contributed by atoms with E-state index in [0.717, 1.165) is 51.1 Å². The summed E-state index contributed by atoms with van der Waals surface area (Å²) >= 11 is 1.62. The number of nitrogens with zero attached hydrogens (tertiary/aromatic N) is 4. The fourth-order valence-corrected chi connectivity index (χ4v) is 5.77. The van der Waals surface area contributed by atoms with Crippen LogP contribution in [0.5, 0.6) is 0 Å². The third kappa shape index (κ3) is 4.79. The average molecular weight is 549 g/mol. The molecule has 1 fully saturated rings. The van der Waals surface area contributed by atoms with E-state index in [-0.39, 0.29) is 17.0 Å². The van der Waals surface area contributed by atoms with Crippen LogP contribution in [0.2, 0.25) is 0 Å². The number of aromatic nitrogens is 2. The quantitative estimate of drug-likeness (QED) is 0.208. The first-order valence-electron chi connectivity index (χ1n) is 13.4. The Balaban J connectivity index is 1.47. The number of hydrazine groups is 2. The van der Waals surface area contributed by atoms with Crippen LogP contribution in [0.1, 0.15) is 63.3 Å². The number of thiazole rings is 1. The molecule has 8 nitrogen and oxygen atoms in total. The molecular weight excluding hydrogens is 516 g/mol. The summed E-state index contributed by atoms with van der Waals surface area (Å²) in [6.07, 6.45) is 12.0. The van der Waals surface area contributed by atoms with Crippen LogP contribution in [-0.2, 0) is 0 Å². The van der Waals surface area contributed by atoms with Crippen molar-refractivity contribution in [1.29, 1.82) is 5.26 Å². The van der Waals surface area contributed by atoms with Crippen molar-refractivity contribution in [3.8, 4) is 18.4 Å². The smallest absolute Gasteiger partial charge is 0.102 e. The molecule has 0 saturated heterocycles.